The fraction of sp³-hybridized carbons (Fsp3) is 0.923. The van der Waals surface area contributed by atoms with Gasteiger partial charge in [0.1, 0.15) is 6.10 Å². The van der Waals surface area contributed by atoms with E-state index in [2.05, 4.69) is 6.92 Å². The maximum absolute atomic E-state index is 12.1. The van der Waals surface area contributed by atoms with Crippen LogP contribution in [0.3, 0.4) is 0 Å². The van der Waals surface area contributed by atoms with E-state index in [1.165, 1.54) is 19.3 Å². The number of carbonyl (C=O) groups is 1. The van der Waals surface area contributed by atoms with Gasteiger partial charge in [0.05, 0.1) is 6.61 Å². The van der Waals surface area contributed by atoms with E-state index >= 15 is 0 Å². The molecule has 0 radical (unpaired) electrons. The van der Waals surface area contributed by atoms with Gasteiger partial charge in [-0.1, -0.05) is 6.92 Å². The molecule has 2 atom stereocenters. The number of hydrogen-bond donors (Lipinski definition) is 0. The molecule has 2 aliphatic rings. The molecule has 0 aromatic rings. The number of ether oxygens (including phenoxy) is 1. The fourth-order valence-corrected chi connectivity index (χ4v) is 2.28. The van der Waals surface area contributed by atoms with Crippen LogP contribution in [0.1, 0.15) is 39.5 Å². The molecule has 0 aromatic carbocycles. The second kappa shape index (κ2) is 5.17. The van der Waals surface area contributed by atoms with Crippen molar-refractivity contribution in [2.75, 3.05) is 19.7 Å². The van der Waals surface area contributed by atoms with Crippen LogP contribution in [-0.4, -0.2) is 36.6 Å². The molecule has 0 N–H and O–H groups in total. The quantitative estimate of drug-likeness (QED) is 0.733. The number of likely N-dealkylation sites (tertiary alicyclic amines) is 1. The monoisotopic (exact) mass is 225 g/mol. The lowest BCUT2D eigenvalue weighted by Gasteiger charge is -2.32. The Kier molecular flexibility index (Phi) is 3.85. The topological polar surface area (TPSA) is 29.5 Å². The molecule has 0 unspecified atom stereocenters. The lowest BCUT2D eigenvalue weighted by atomic mass is 10.00. The van der Waals surface area contributed by atoms with Crippen LogP contribution in [0.5, 0.6) is 0 Å². The predicted molar refractivity (Wildman–Crippen MR) is 63.1 cm³/mol. The molecular formula is C13H23NO2. The minimum absolute atomic E-state index is 0.187. The van der Waals surface area contributed by atoms with E-state index in [1.807, 2.05) is 11.8 Å². The lowest BCUT2D eigenvalue weighted by molar-refractivity contribution is -0.144. The van der Waals surface area contributed by atoms with Gasteiger partial charge >= 0.3 is 0 Å². The van der Waals surface area contributed by atoms with Gasteiger partial charge in [-0.05, 0) is 44.4 Å². The summed E-state index contributed by atoms with van der Waals surface area (Å²) in [5, 5.41) is 0. The van der Waals surface area contributed by atoms with Gasteiger partial charge in [0.15, 0.2) is 0 Å². The molecule has 2 rings (SSSR count). The summed E-state index contributed by atoms with van der Waals surface area (Å²) < 4.78 is 5.62. The summed E-state index contributed by atoms with van der Waals surface area (Å²) in [4.78, 5) is 14.1. The smallest absolute Gasteiger partial charge is 0.251 e. The average Bonchev–Trinajstić information content (AvgIpc) is 3.08. The summed E-state index contributed by atoms with van der Waals surface area (Å²) in [6.45, 7) is 6.71. The molecule has 1 saturated heterocycles. The first-order chi connectivity index (χ1) is 7.66. The molecule has 0 spiro atoms. The van der Waals surface area contributed by atoms with Crippen molar-refractivity contribution in [3.05, 3.63) is 0 Å². The van der Waals surface area contributed by atoms with Crippen molar-refractivity contribution in [3.63, 3.8) is 0 Å². The lowest BCUT2D eigenvalue weighted by Crippen LogP contribution is -2.44. The van der Waals surface area contributed by atoms with Crippen LogP contribution in [0.25, 0.3) is 0 Å². The number of rotatable bonds is 4. The van der Waals surface area contributed by atoms with Crippen LogP contribution >= 0.6 is 0 Å². The molecule has 1 saturated carbocycles. The summed E-state index contributed by atoms with van der Waals surface area (Å²) >= 11 is 0. The Bertz CT molecular complexity index is 250. The van der Waals surface area contributed by atoms with Crippen LogP contribution in [0.15, 0.2) is 0 Å². The highest BCUT2D eigenvalue weighted by atomic mass is 16.5. The van der Waals surface area contributed by atoms with Crippen molar-refractivity contribution in [2.45, 2.75) is 45.6 Å². The molecule has 1 heterocycles. The third-order valence-electron chi connectivity index (χ3n) is 3.60. The van der Waals surface area contributed by atoms with Gasteiger partial charge < -0.3 is 9.64 Å². The Balaban J connectivity index is 1.75. The first-order valence-electron chi connectivity index (χ1n) is 6.57. The van der Waals surface area contributed by atoms with E-state index in [-0.39, 0.29) is 12.0 Å². The molecule has 2 fully saturated rings. The Labute approximate surface area is 98.1 Å². The van der Waals surface area contributed by atoms with Gasteiger partial charge in [-0.15, -0.1) is 0 Å². The van der Waals surface area contributed by atoms with Crippen molar-refractivity contribution >= 4 is 5.91 Å². The van der Waals surface area contributed by atoms with Crippen molar-refractivity contribution in [1.29, 1.82) is 0 Å². The maximum Gasteiger partial charge on any atom is 0.251 e. The molecule has 92 valence electrons. The van der Waals surface area contributed by atoms with Crippen LogP contribution < -0.4 is 0 Å². The van der Waals surface area contributed by atoms with E-state index in [0.717, 1.165) is 32.0 Å². The normalized spacial score (nSPS) is 27.9. The van der Waals surface area contributed by atoms with Crippen molar-refractivity contribution in [3.8, 4) is 0 Å². The van der Waals surface area contributed by atoms with Gasteiger partial charge in [-0.2, -0.15) is 0 Å². The molecule has 1 amide bonds. The predicted octanol–water partition coefficient (Wildman–Crippen LogP) is 2.06. The number of hydrogen-bond acceptors (Lipinski definition) is 2. The highest BCUT2D eigenvalue weighted by molar-refractivity contribution is 5.80. The Hall–Kier alpha value is -0.570. The zero-order valence-corrected chi connectivity index (χ0v) is 10.4. The average molecular weight is 225 g/mol. The third kappa shape index (κ3) is 3.21. The highest BCUT2D eigenvalue weighted by Gasteiger charge is 2.28. The number of piperidine rings is 1. The molecule has 3 heteroatoms. The highest BCUT2D eigenvalue weighted by Crippen LogP contribution is 2.29. The van der Waals surface area contributed by atoms with Gasteiger partial charge in [-0.3, -0.25) is 4.79 Å². The summed E-state index contributed by atoms with van der Waals surface area (Å²) in [7, 11) is 0. The Morgan fingerprint density at radius 2 is 2.19 bits per heavy atom. The van der Waals surface area contributed by atoms with Crippen molar-refractivity contribution in [2.24, 2.45) is 11.8 Å². The van der Waals surface area contributed by atoms with Gasteiger partial charge in [-0.25, -0.2) is 0 Å². The van der Waals surface area contributed by atoms with Crippen LogP contribution in [-0.2, 0) is 9.53 Å². The number of amides is 1. The second-order valence-corrected chi connectivity index (χ2v) is 5.45. The Morgan fingerprint density at radius 1 is 1.44 bits per heavy atom. The van der Waals surface area contributed by atoms with Gasteiger partial charge in [0.25, 0.3) is 5.91 Å². The second-order valence-electron chi connectivity index (χ2n) is 5.45. The zero-order valence-electron chi connectivity index (χ0n) is 10.4. The minimum atomic E-state index is -0.245. The van der Waals surface area contributed by atoms with Crippen molar-refractivity contribution in [1.82, 2.24) is 4.90 Å². The SMILES string of the molecule is C[C@H]1CCCN(C(=O)[C@H](C)OCC2CC2)C1. The molecule has 1 aliphatic heterocycles. The Morgan fingerprint density at radius 3 is 2.81 bits per heavy atom. The van der Waals surface area contributed by atoms with Gasteiger partial charge in [0, 0.05) is 13.1 Å². The molecule has 1 aliphatic carbocycles. The molecule has 16 heavy (non-hydrogen) atoms. The third-order valence-corrected chi connectivity index (χ3v) is 3.60. The number of nitrogens with zero attached hydrogens (tertiary/aromatic N) is 1. The van der Waals surface area contributed by atoms with Crippen molar-refractivity contribution < 1.29 is 9.53 Å². The first-order valence-corrected chi connectivity index (χ1v) is 6.57. The largest absolute Gasteiger partial charge is 0.368 e. The molecular weight excluding hydrogens is 202 g/mol. The fourth-order valence-electron chi connectivity index (χ4n) is 2.28. The van der Waals surface area contributed by atoms with E-state index in [4.69, 9.17) is 4.74 Å². The first kappa shape index (κ1) is 11.9. The standard InChI is InChI=1S/C13H23NO2/c1-10-4-3-7-14(8-10)13(15)11(2)16-9-12-5-6-12/h10-12H,3-9H2,1-2H3/t10-,11-/m0/s1. The van der Waals surface area contributed by atoms with Crippen LogP contribution in [0.2, 0.25) is 0 Å². The number of carbonyl (C=O) groups excluding carboxylic acids is 1. The summed E-state index contributed by atoms with van der Waals surface area (Å²) in [5.74, 6) is 1.57. The molecule has 0 aromatic heterocycles. The molecule has 3 nitrogen and oxygen atoms in total. The minimum Gasteiger partial charge on any atom is -0.368 e. The molecule has 0 bridgehead atoms. The van der Waals surface area contributed by atoms with Crippen LogP contribution in [0, 0.1) is 11.8 Å². The van der Waals surface area contributed by atoms with E-state index in [1.54, 1.807) is 0 Å². The van der Waals surface area contributed by atoms with E-state index in [0.29, 0.717) is 5.92 Å². The van der Waals surface area contributed by atoms with Crippen LogP contribution in [0.4, 0.5) is 0 Å². The van der Waals surface area contributed by atoms with Gasteiger partial charge in [0.2, 0.25) is 0 Å². The van der Waals surface area contributed by atoms with E-state index in [9.17, 15) is 4.79 Å². The van der Waals surface area contributed by atoms with E-state index < -0.39 is 0 Å². The zero-order chi connectivity index (χ0) is 11.5. The summed E-state index contributed by atoms with van der Waals surface area (Å²) in [6, 6.07) is 0. The summed E-state index contributed by atoms with van der Waals surface area (Å²) in [6.07, 6.45) is 4.71. The maximum atomic E-state index is 12.1. The summed E-state index contributed by atoms with van der Waals surface area (Å²) in [5.41, 5.74) is 0.